The minimum absolute atomic E-state index is 0.275. The Bertz CT molecular complexity index is 366. The lowest BCUT2D eigenvalue weighted by molar-refractivity contribution is 0.118. The highest BCUT2D eigenvalue weighted by Crippen LogP contribution is 2.34. The third kappa shape index (κ3) is 2.32. The zero-order valence-corrected chi connectivity index (χ0v) is 9.89. The fourth-order valence-electron chi connectivity index (χ4n) is 1.55. The van der Waals surface area contributed by atoms with Crippen molar-refractivity contribution >= 4 is 15.9 Å². The van der Waals surface area contributed by atoms with E-state index < -0.39 is 0 Å². The molecular weight excluding hydrogens is 261 g/mol. The smallest absolute Gasteiger partial charge is 0.138 e. The van der Waals surface area contributed by atoms with E-state index in [9.17, 15) is 4.39 Å². The number of benzene rings is 1. The van der Waals surface area contributed by atoms with E-state index in [4.69, 9.17) is 10.5 Å². The Kier molecular flexibility index (Phi) is 3.26. The van der Waals surface area contributed by atoms with Crippen LogP contribution >= 0.6 is 15.9 Å². The minimum atomic E-state index is -0.289. The SMILES string of the molecule is NCc1cc(F)cc(Br)c1OC1CCC1. The number of nitrogens with two attached hydrogens (primary N) is 1. The molecule has 1 aliphatic carbocycles. The second-order valence-corrected chi connectivity index (χ2v) is 4.61. The molecule has 4 heteroatoms. The second-order valence-electron chi connectivity index (χ2n) is 3.75. The van der Waals surface area contributed by atoms with Gasteiger partial charge >= 0.3 is 0 Å². The summed E-state index contributed by atoms with van der Waals surface area (Å²) in [5, 5.41) is 0. The van der Waals surface area contributed by atoms with Gasteiger partial charge < -0.3 is 10.5 Å². The quantitative estimate of drug-likeness (QED) is 0.919. The molecule has 2 rings (SSSR count). The maximum absolute atomic E-state index is 13.1. The summed E-state index contributed by atoms with van der Waals surface area (Å²) in [5.74, 6) is 0.409. The molecule has 2 N–H and O–H groups in total. The monoisotopic (exact) mass is 273 g/mol. The Morgan fingerprint density at radius 1 is 1.47 bits per heavy atom. The van der Waals surface area contributed by atoms with Gasteiger partial charge in [0.2, 0.25) is 0 Å². The lowest BCUT2D eigenvalue weighted by Crippen LogP contribution is -2.25. The summed E-state index contributed by atoms with van der Waals surface area (Å²) in [5.41, 5.74) is 6.27. The highest BCUT2D eigenvalue weighted by Gasteiger charge is 2.21. The van der Waals surface area contributed by atoms with E-state index in [2.05, 4.69) is 15.9 Å². The molecule has 0 aliphatic heterocycles. The van der Waals surface area contributed by atoms with Gasteiger partial charge in [0.05, 0.1) is 10.6 Å². The molecule has 82 valence electrons. The maximum atomic E-state index is 13.1. The van der Waals surface area contributed by atoms with Crippen molar-refractivity contribution in [2.45, 2.75) is 31.9 Å². The van der Waals surface area contributed by atoms with Crippen LogP contribution in [-0.2, 0) is 6.54 Å². The Labute approximate surface area is 96.7 Å². The van der Waals surface area contributed by atoms with Crippen molar-refractivity contribution < 1.29 is 9.13 Å². The molecule has 1 aromatic carbocycles. The first kappa shape index (κ1) is 10.9. The predicted octanol–water partition coefficient (Wildman–Crippen LogP) is 2.98. The molecule has 1 fully saturated rings. The van der Waals surface area contributed by atoms with Crippen molar-refractivity contribution in [2.75, 3.05) is 0 Å². The topological polar surface area (TPSA) is 35.2 Å². The first-order valence-electron chi connectivity index (χ1n) is 5.05. The molecule has 1 aromatic rings. The van der Waals surface area contributed by atoms with Gasteiger partial charge in [-0.1, -0.05) is 0 Å². The standard InChI is InChI=1S/C11H13BrFNO/c12-10-5-8(13)4-7(6-14)11(10)15-9-2-1-3-9/h4-5,9H,1-3,6,14H2. The predicted molar refractivity (Wildman–Crippen MR) is 60.3 cm³/mol. The Balaban J connectivity index is 2.26. The van der Waals surface area contributed by atoms with Crippen LogP contribution in [-0.4, -0.2) is 6.10 Å². The molecule has 0 aromatic heterocycles. The third-order valence-electron chi connectivity index (χ3n) is 2.64. The fraction of sp³-hybridized carbons (Fsp3) is 0.455. The number of hydrogen-bond donors (Lipinski definition) is 1. The molecule has 2 nitrogen and oxygen atoms in total. The first-order chi connectivity index (χ1) is 7.20. The molecule has 0 unspecified atom stereocenters. The van der Waals surface area contributed by atoms with Crippen molar-refractivity contribution in [3.8, 4) is 5.75 Å². The van der Waals surface area contributed by atoms with E-state index in [0.717, 1.165) is 12.8 Å². The van der Waals surface area contributed by atoms with Crippen molar-refractivity contribution in [2.24, 2.45) is 5.73 Å². The molecule has 0 spiro atoms. The van der Waals surface area contributed by atoms with Gasteiger partial charge in [0.1, 0.15) is 11.6 Å². The summed E-state index contributed by atoms with van der Waals surface area (Å²) < 4.78 is 19.5. The lowest BCUT2D eigenvalue weighted by atomic mass is 9.96. The second kappa shape index (κ2) is 4.49. The summed E-state index contributed by atoms with van der Waals surface area (Å²) in [6.07, 6.45) is 3.64. The van der Waals surface area contributed by atoms with E-state index in [1.807, 2.05) is 0 Å². The largest absolute Gasteiger partial charge is 0.489 e. The van der Waals surface area contributed by atoms with Gasteiger partial charge in [0, 0.05) is 12.1 Å². The van der Waals surface area contributed by atoms with Gasteiger partial charge in [-0.15, -0.1) is 0 Å². The zero-order chi connectivity index (χ0) is 10.8. The molecule has 1 saturated carbocycles. The van der Waals surface area contributed by atoms with Gasteiger partial charge in [-0.2, -0.15) is 0 Å². The molecular formula is C11H13BrFNO. The molecule has 0 atom stereocenters. The van der Waals surface area contributed by atoms with E-state index in [-0.39, 0.29) is 11.9 Å². The van der Waals surface area contributed by atoms with E-state index in [1.165, 1.54) is 18.6 Å². The summed E-state index contributed by atoms with van der Waals surface area (Å²) in [4.78, 5) is 0. The molecule has 0 bridgehead atoms. The fourth-order valence-corrected chi connectivity index (χ4v) is 2.12. The Morgan fingerprint density at radius 2 is 2.20 bits per heavy atom. The van der Waals surface area contributed by atoms with Crippen molar-refractivity contribution in [1.82, 2.24) is 0 Å². The van der Waals surface area contributed by atoms with E-state index in [0.29, 0.717) is 22.3 Å². The number of hydrogen-bond acceptors (Lipinski definition) is 2. The van der Waals surface area contributed by atoms with Crippen LogP contribution in [0.2, 0.25) is 0 Å². The number of rotatable bonds is 3. The van der Waals surface area contributed by atoms with Gasteiger partial charge in [-0.05, 0) is 47.3 Å². The summed E-state index contributed by atoms with van der Waals surface area (Å²) in [7, 11) is 0. The van der Waals surface area contributed by atoms with Crippen LogP contribution in [0.25, 0.3) is 0 Å². The molecule has 0 radical (unpaired) electrons. The van der Waals surface area contributed by atoms with Crippen LogP contribution in [0.3, 0.4) is 0 Å². The average Bonchev–Trinajstić information content (AvgIpc) is 2.12. The van der Waals surface area contributed by atoms with Crippen molar-refractivity contribution in [1.29, 1.82) is 0 Å². The van der Waals surface area contributed by atoms with Crippen LogP contribution in [0.15, 0.2) is 16.6 Å². The van der Waals surface area contributed by atoms with Gasteiger partial charge in [0.25, 0.3) is 0 Å². The van der Waals surface area contributed by atoms with E-state index in [1.54, 1.807) is 0 Å². The van der Waals surface area contributed by atoms with Crippen LogP contribution in [0.1, 0.15) is 24.8 Å². The molecule has 0 amide bonds. The molecule has 15 heavy (non-hydrogen) atoms. The number of ether oxygens (including phenoxy) is 1. The van der Waals surface area contributed by atoms with Crippen molar-refractivity contribution in [3.05, 3.63) is 28.0 Å². The van der Waals surface area contributed by atoms with Crippen LogP contribution in [0, 0.1) is 5.82 Å². The van der Waals surface area contributed by atoms with E-state index >= 15 is 0 Å². The van der Waals surface area contributed by atoms with Crippen LogP contribution < -0.4 is 10.5 Å². The van der Waals surface area contributed by atoms with Gasteiger partial charge in [-0.3, -0.25) is 0 Å². The summed E-state index contributed by atoms with van der Waals surface area (Å²) in [6.45, 7) is 0.290. The Morgan fingerprint density at radius 3 is 2.73 bits per heavy atom. The molecule has 1 aliphatic rings. The normalized spacial score (nSPS) is 16.2. The highest BCUT2D eigenvalue weighted by molar-refractivity contribution is 9.10. The van der Waals surface area contributed by atoms with Gasteiger partial charge in [-0.25, -0.2) is 4.39 Å². The zero-order valence-electron chi connectivity index (χ0n) is 8.30. The third-order valence-corrected chi connectivity index (χ3v) is 3.23. The molecule has 0 heterocycles. The highest BCUT2D eigenvalue weighted by atomic mass is 79.9. The van der Waals surface area contributed by atoms with Crippen molar-refractivity contribution in [3.63, 3.8) is 0 Å². The number of halogens is 2. The summed E-state index contributed by atoms with van der Waals surface area (Å²) >= 11 is 3.30. The summed E-state index contributed by atoms with van der Waals surface area (Å²) in [6, 6.07) is 2.84. The minimum Gasteiger partial charge on any atom is -0.489 e. The maximum Gasteiger partial charge on any atom is 0.138 e. The average molecular weight is 274 g/mol. The lowest BCUT2D eigenvalue weighted by Gasteiger charge is -2.28. The Hall–Kier alpha value is -0.610. The van der Waals surface area contributed by atoms with Crippen LogP contribution in [0.5, 0.6) is 5.75 Å². The van der Waals surface area contributed by atoms with Gasteiger partial charge in [0.15, 0.2) is 0 Å². The van der Waals surface area contributed by atoms with Crippen LogP contribution in [0.4, 0.5) is 4.39 Å². The first-order valence-corrected chi connectivity index (χ1v) is 5.84. The molecule has 0 saturated heterocycles.